The summed E-state index contributed by atoms with van der Waals surface area (Å²) in [5.74, 6) is 0. The van der Waals surface area contributed by atoms with Crippen molar-refractivity contribution >= 4 is 12.4 Å². The average Bonchev–Trinajstić information content (AvgIpc) is 2.37. The van der Waals surface area contributed by atoms with Crippen molar-refractivity contribution in [2.75, 3.05) is 19.6 Å². The number of hydrogen-bond donors (Lipinski definition) is 3. The Morgan fingerprint density at radius 2 is 2.17 bits per heavy atom. The fourth-order valence-electron chi connectivity index (χ4n) is 2.20. The van der Waals surface area contributed by atoms with E-state index in [0.717, 1.165) is 32.5 Å². The van der Waals surface area contributed by atoms with Gasteiger partial charge in [-0.25, -0.2) is 0 Å². The molecule has 2 rings (SSSR count). The van der Waals surface area contributed by atoms with E-state index in [9.17, 15) is 5.11 Å². The molecule has 1 spiro atoms. The van der Waals surface area contributed by atoms with Crippen LogP contribution < -0.4 is 10.6 Å². The molecule has 2 aliphatic heterocycles. The lowest BCUT2D eigenvalue weighted by Gasteiger charge is -2.36. The van der Waals surface area contributed by atoms with E-state index >= 15 is 0 Å². The summed E-state index contributed by atoms with van der Waals surface area (Å²) >= 11 is 0. The molecule has 0 bridgehead atoms. The SMILES string of the molecule is Cl.OC1CCNC2(CCNC2)C1. The second kappa shape index (κ2) is 3.92. The summed E-state index contributed by atoms with van der Waals surface area (Å²) in [6.07, 6.45) is 2.95. The molecular weight excluding hydrogens is 176 g/mol. The van der Waals surface area contributed by atoms with Crippen LogP contribution >= 0.6 is 12.4 Å². The molecule has 2 heterocycles. The third kappa shape index (κ3) is 1.91. The summed E-state index contributed by atoms with van der Waals surface area (Å²) < 4.78 is 0. The minimum atomic E-state index is -0.0730. The molecule has 4 heteroatoms. The Bertz CT molecular complexity index is 148. The molecule has 72 valence electrons. The lowest BCUT2D eigenvalue weighted by molar-refractivity contribution is 0.0847. The van der Waals surface area contributed by atoms with E-state index in [0.29, 0.717) is 0 Å². The Labute approximate surface area is 79.3 Å². The van der Waals surface area contributed by atoms with E-state index in [4.69, 9.17) is 0 Å². The summed E-state index contributed by atoms with van der Waals surface area (Å²) in [7, 11) is 0. The fraction of sp³-hybridized carbons (Fsp3) is 1.00. The number of hydrogen-bond acceptors (Lipinski definition) is 3. The molecule has 3 N–H and O–H groups in total. The zero-order chi connectivity index (χ0) is 7.73. The summed E-state index contributed by atoms with van der Waals surface area (Å²) in [4.78, 5) is 0. The van der Waals surface area contributed by atoms with Gasteiger partial charge in [0.25, 0.3) is 0 Å². The highest BCUT2D eigenvalue weighted by molar-refractivity contribution is 5.85. The Balaban J connectivity index is 0.000000720. The van der Waals surface area contributed by atoms with E-state index in [2.05, 4.69) is 10.6 Å². The highest BCUT2D eigenvalue weighted by Gasteiger charge is 2.37. The van der Waals surface area contributed by atoms with Crippen LogP contribution in [0.25, 0.3) is 0 Å². The van der Waals surface area contributed by atoms with Gasteiger partial charge in [0, 0.05) is 12.1 Å². The standard InChI is InChI=1S/C8H16N2O.ClH/c11-7-1-3-10-8(5-7)2-4-9-6-8;/h7,9-11H,1-6H2;1H. The van der Waals surface area contributed by atoms with Crippen molar-refractivity contribution in [3.05, 3.63) is 0 Å². The van der Waals surface area contributed by atoms with Gasteiger partial charge in [-0.2, -0.15) is 0 Å². The molecule has 2 unspecified atom stereocenters. The molecule has 0 aromatic carbocycles. The Kier molecular flexibility index (Phi) is 3.35. The van der Waals surface area contributed by atoms with Crippen molar-refractivity contribution in [2.45, 2.75) is 30.9 Å². The van der Waals surface area contributed by atoms with Crippen molar-refractivity contribution in [1.29, 1.82) is 0 Å². The lowest BCUT2D eigenvalue weighted by atomic mass is 9.87. The topological polar surface area (TPSA) is 44.3 Å². The third-order valence-electron chi connectivity index (χ3n) is 2.85. The van der Waals surface area contributed by atoms with Crippen LogP contribution in [-0.2, 0) is 0 Å². The van der Waals surface area contributed by atoms with Gasteiger partial charge < -0.3 is 15.7 Å². The predicted octanol–water partition coefficient (Wildman–Crippen LogP) is -0.115. The van der Waals surface area contributed by atoms with Crippen molar-refractivity contribution in [3.8, 4) is 0 Å². The predicted molar refractivity (Wildman–Crippen MR) is 50.7 cm³/mol. The van der Waals surface area contributed by atoms with Crippen LogP contribution in [0, 0.1) is 0 Å². The van der Waals surface area contributed by atoms with Crippen LogP contribution in [0.15, 0.2) is 0 Å². The van der Waals surface area contributed by atoms with E-state index in [-0.39, 0.29) is 24.0 Å². The maximum Gasteiger partial charge on any atom is 0.0570 e. The number of halogens is 1. The van der Waals surface area contributed by atoms with Crippen LogP contribution in [0.5, 0.6) is 0 Å². The van der Waals surface area contributed by atoms with Crippen LogP contribution in [0.3, 0.4) is 0 Å². The second-order valence-corrected chi connectivity index (χ2v) is 3.78. The van der Waals surface area contributed by atoms with Crippen molar-refractivity contribution in [2.24, 2.45) is 0 Å². The maximum absolute atomic E-state index is 9.47. The van der Waals surface area contributed by atoms with Crippen molar-refractivity contribution < 1.29 is 5.11 Å². The van der Waals surface area contributed by atoms with Crippen LogP contribution in [-0.4, -0.2) is 36.4 Å². The normalized spacial score (nSPS) is 41.2. The first-order valence-corrected chi connectivity index (χ1v) is 4.45. The molecule has 0 aromatic heterocycles. The van der Waals surface area contributed by atoms with Gasteiger partial charge in [-0.1, -0.05) is 0 Å². The van der Waals surface area contributed by atoms with E-state index in [1.807, 2.05) is 0 Å². The first kappa shape index (κ1) is 10.3. The molecule has 2 fully saturated rings. The van der Waals surface area contributed by atoms with Gasteiger partial charge in [0.1, 0.15) is 0 Å². The molecule has 0 aromatic rings. The van der Waals surface area contributed by atoms with Crippen molar-refractivity contribution in [3.63, 3.8) is 0 Å². The molecule has 2 aliphatic rings. The molecular formula is C8H17ClN2O. The van der Waals surface area contributed by atoms with Gasteiger partial charge in [0.2, 0.25) is 0 Å². The fourth-order valence-corrected chi connectivity index (χ4v) is 2.20. The maximum atomic E-state index is 9.47. The summed E-state index contributed by atoms with van der Waals surface area (Å²) in [5, 5.41) is 16.3. The summed E-state index contributed by atoms with van der Waals surface area (Å²) in [6, 6.07) is 0. The van der Waals surface area contributed by atoms with E-state index in [1.165, 1.54) is 6.42 Å². The summed E-state index contributed by atoms with van der Waals surface area (Å²) in [6.45, 7) is 3.10. The Hall–Kier alpha value is 0.170. The first-order valence-electron chi connectivity index (χ1n) is 4.45. The number of aliphatic hydroxyl groups excluding tert-OH is 1. The van der Waals surface area contributed by atoms with Crippen LogP contribution in [0.2, 0.25) is 0 Å². The molecule has 2 atom stereocenters. The molecule has 12 heavy (non-hydrogen) atoms. The quantitative estimate of drug-likeness (QED) is 0.502. The highest BCUT2D eigenvalue weighted by atomic mass is 35.5. The third-order valence-corrected chi connectivity index (χ3v) is 2.85. The number of aliphatic hydroxyl groups is 1. The van der Waals surface area contributed by atoms with Crippen molar-refractivity contribution in [1.82, 2.24) is 10.6 Å². The van der Waals surface area contributed by atoms with Gasteiger partial charge in [0.15, 0.2) is 0 Å². The highest BCUT2D eigenvalue weighted by Crippen LogP contribution is 2.25. The van der Waals surface area contributed by atoms with Crippen LogP contribution in [0.4, 0.5) is 0 Å². The number of nitrogens with one attached hydrogen (secondary N) is 2. The van der Waals surface area contributed by atoms with Crippen LogP contribution in [0.1, 0.15) is 19.3 Å². The molecule has 3 nitrogen and oxygen atoms in total. The molecule has 0 saturated carbocycles. The Morgan fingerprint density at radius 1 is 1.33 bits per heavy atom. The molecule has 0 amide bonds. The minimum absolute atomic E-state index is 0. The largest absolute Gasteiger partial charge is 0.393 e. The molecule has 0 aliphatic carbocycles. The Morgan fingerprint density at radius 3 is 2.75 bits per heavy atom. The lowest BCUT2D eigenvalue weighted by Crippen LogP contribution is -2.53. The number of rotatable bonds is 0. The van der Waals surface area contributed by atoms with E-state index < -0.39 is 0 Å². The van der Waals surface area contributed by atoms with E-state index in [1.54, 1.807) is 0 Å². The summed E-state index contributed by atoms with van der Waals surface area (Å²) in [5.41, 5.74) is 0.234. The zero-order valence-corrected chi connectivity index (χ0v) is 7.99. The minimum Gasteiger partial charge on any atom is -0.393 e. The van der Waals surface area contributed by atoms with Gasteiger partial charge >= 0.3 is 0 Å². The molecule has 2 saturated heterocycles. The number of piperidine rings is 1. The second-order valence-electron chi connectivity index (χ2n) is 3.78. The van der Waals surface area contributed by atoms with Gasteiger partial charge in [-0.3, -0.25) is 0 Å². The van der Waals surface area contributed by atoms with Gasteiger partial charge in [-0.05, 0) is 32.4 Å². The zero-order valence-electron chi connectivity index (χ0n) is 7.18. The van der Waals surface area contributed by atoms with Gasteiger partial charge in [0.05, 0.1) is 6.10 Å². The molecule has 0 radical (unpaired) electrons. The first-order chi connectivity index (χ1) is 5.31. The smallest absolute Gasteiger partial charge is 0.0570 e. The monoisotopic (exact) mass is 192 g/mol. The van der Waals surface area contributed by atoms with Gasteiger partial charge in [-0.15, -0.1) is 12.4 Å². The average molecular weight is 193 g/mol.